The third kappa shape index (κ3) is 6.66. The van der Waals surface area contributed by atoms with Crippen molar-refractivity contribution < 1.29 is 4.39 Å². The lowest BCUT2D eigenvalue weighted by atomic mass is 10.2. The van der Waals surface area contributed by atoms with Gasteiger partial charge in [0.25, 0.3) is 0 Å². The fraction of sp³-hybridized carbons (Fsp3) is 0.438. The molecule has 0 saturated heterocycles. The van der Waals surface area contributed by atoms with Crippen LogP contribution in [0.3, 0.4) is 0 Å². The second-order valence-electron chi connectivity index (χ2n) is 4.57. The summed E-state index contributed by atoms with van der Waals surface area (Å²) in [5, 5.41) is 6.16. The fourth-order valence-electron chi connectivity index (χ4n) is 1.82. The van der Waals surface area contributed by atoms with Crippen molar-refractivity contribution in [3.05, 3.63) is 30.1 Å². The number of hydrogen-bond donors (Lipinski definition) is 2. The number of terminal acetylenes is 1. The van der Waals surface area contributed by atoms with E-state index in [9.17, 15) is 4.39 Å². The third-order valence-electron chi connectivity index (χ3n) is 2.87. The lowest BCUT2D eigenvalue weighted by Crippen LogP contribution is -2.37. The molecule has 4 nitrogen and oxygen atoms in total. The molecule has 1 rings (SSSR count). The minimum atomic E-state index is -0.217. The van der Waals surface area contributed by atoms with Crippen molar-refractivity contribution in [1.82, 2.24) is 10.6 Å². The van der Waals surface area contributed by atoms with Crippen molar-refractivity contribution in [1.29, 1.82) is 0 Å². The first-order chi connectivity index (χ1) is 10.2. The van der Waals surface area contributed by atoms with E-state index in [2.05, 4.69) is 21.5 Å². The van der Waals surface area contributed by atoms with E-state index in [0.717, 1.165) is 31.2 Å². The Bertz CT molecular complexity index is 493. The highest BCUT2D eigenvalue weighted by atomic mass is 19.1. The maximum atomic E-state index is 13.1. The lowest BCUT2D eigenvalue weighted by Gasteiger charge is -2.18. The van der Waals surface area contributed by atoms with Crippen LogP contribution in [0.15, 0.2) is 29.3 Å². The molecule has 0 saturated carbocycles. The van der Waals surface area contributed by atoms with Crippen molar-refractivity contribution in [2.75, 3.05) is 38.1 Å². The summed E-state index contributed by atoms with van der Waals surface area (Å²) in [6.07, 6.45) is 6.09. The molecular formula is C16H23FN4. The molecule has 0 bridgehead atoms. The van der Waals surface area contributed by atoms with Gasteiger partial charge in [-0.25, -0.2) is 4.39 Å². The molecule has 0 amide bonds. The van der Waals surface area contributed by atoms with E-state index in [4.69, 9.17) is 6.42 Å². The summed E-state index contributed by atoms with van der Waals surface area (Å²) in [7, 11) is 1.94. The molecule has 0 heterocycles. The molecule has 0 aliphatic rings. The minimum absolute atomic E-state index is 0.217. The monoisotopic (exact) mass is 290 g/mol. The Kier molecular flexibility index (Phi) is 7.73. The topological polar surface area (TPSA) is 39.7 Å². The number of nitrogens with one attached hydrogen (secondary N) is 2. The van der Waals surface area contributed by atoms with Crippen LogP contribution in [0, 0.1) is 18.2 Å². The van der Waals surface area contributed by atoms with Crippen LogP contribution in [-0.2, 0) is 0 Å². The predicted molar refractivity (Wildman–Crippen MR) is 87.1 cm³/mol. The molecule has 5 heteroatoms. The predicted octanol–water partition coefficient (Wildman–Crippen LogP) is 1.84. The molecule has 0 aromatic heterocycles. The number of anilines is 1. The van der Waals surface area contributed by atoms with Crippen molar-refractivity contribution in [2.45, 2.75) is 13.3 Å². The number of benzene rings is 1. The molecule has 0 atom stereocenters. The number of aliphatic imine (C=N–C) groups is 1. The number of guanidine groups is 1. The maximum absolute atomic E-state index is 13.1. The quantitative estimate of drug-likeness (QED) is 0.348. The molecule has 0 aliphatic carbocycles. The van der Waals surface area contributed by atoms with E-state index in [1.165, 1.54) is 12.1 Å². The molecule has 1 aromatic carbocycles. The first kappa shape index (κ1) is 16.8. The molecular weight excluding hydrogens is 267 g/mol. The van der Waals surface area contributed by atoms with Gasteiger partial charge in [0.05, 0.1) is 6.54 Å². The van der Waals surface area contributed by atoms with Crippen LogP contribution in [-0.4, -0.2) is 39.2 Å². The van der Waals surface area contributed by atoms with E-state index in [1.807, 2.05) is 24.9 Å². The molecule has 0 fully saturated rings. The van der Waals surface area contributed by atoms with E-state index in [-0.39, 0.29) is 5.82 Å². The van der Waals surface area contributed by atoms with Crippen molar-refractivity contribution >= 4 is 11.6 Å². The van der Waals surface area contributed by atoms with Crippen molar-refractivity contribution in [3.63, 3.8) is 0 Å². The SMILES string of the molecule is C#CCNC(=NCCCN(C)c1cccc(F)c1)NCC. The highest BCUT2D eigenvalue weighted by molar-refractivity contribution is 5.79. The van der Waals surface area contributed by atoms with Crippen molar-refractivity contribution in [2.24, 2.45) is 4.99 Å². The van der Waals surface area contributed by atoms with Gasteiger partial charge in [-0.3, -0.25) is 4.99 Å². The maximum Gasteiger partial charge on any atom is 0.192 e. The number of nitrogens with zero attached hydrogens (tertiary/aromatic N) is 2. The van der Waals surface area contributed by atoms with Gasteiger partial charge < -0.3 is 15.5 Å². The minimum Gasteiger partial charge on any atom is -0.374 e. The summed E-state index contributed by atoms with van der Waals surface area (Å²) in [6, 6.07) is 6.58. The molecule has 114 valence electrons. The summed E-state index contributed by atoms with van der Waals surface area (Å²) in [6.45, 7) is 4.74. The van der Waals surface area contributed by atoms with E-state index < -0.39 is 0 Å². The van der Waals surface area contributed by atoms with Crippen LogP contribution >= 0.6 is 0 Å². The van der Waals surface area contributed by atoms with Gasteiger partial charge in [0.2, 0.25) is 0 Å². The van der Waals surface area contributed by atoms with Gasteiger partial charge >= 0.3 is 0 Å². The second kappa shape index (κ2) is 9.65. The molecule has 1 aromatic rings. The van der Waals surface area contributed by atoms with E-state index in [1.54, 1.807) is 6.07 Å². The molecule has 2 N–H and O–H groups in total. The van der Waals surface area contributed by atoms with Gasteiger partial charge in [-0.2, -0.15) is 0 Å². The Balaban J connectivity index is 2.39. The van der Waals surface area contributed by atoms with Gasteiger partial charge in [0, 0.05) is 32.4 Å². The van der Waals surface area contributed by atoms with Crippen LogP contribution in [0.4, 0.5) is 10.1 Å². The van der Waals surface area contributed by atoms with Gasteiger partial charge in [-0.1, -0.05) is 12.0 Å². The molecule has 0 aliphatic heterocycles. The van der Waals surface area contributed by atoms with Crippen LogP contribution < -0.4 is 15.5 Å². The second-order valence-corrected chi connectivity index (χ2v) is 4.57. The van der Waals surface area contributed by atoms with Gasteiger partial charge in [-0.15, -0.1) is 6.42 Å². The van der Waals surface area contributed by atoms with Crippen LogP contribution in [0.5, 0.6) is 0 Å². The van der Waals surface area contributed by atoms with E-state index in [0.29, 0.717) is 13.1 Å². The number of rotatable bonds is 7. The van der Waals surface area contributed by atoms with Crippen molar-refractivity contribution in [3.8, 4) is 12.3 Å². The average Bonchev–Trinajstić information content (AvgIpc) is 2.48. The lowest BCUT2D eigenvalue weighted by molar-refractivity contribution is 0.627. The first-order valence-electron chi connectivity index (χ1n) is 7.09. The molecule has 0 unspecified atom stereocenters. The summed E-state index contributed by atoms with van der Waals surface area (Å²) in [5.41, 5.74) is 0.872. The highest BCUT2D eigenvalue weighted by Crippen LogP contribution is 2.13. The molecule has 21 heavy (non-hydrogen) atoms. The molecule has 0 radical (unpaired) electrons. The smallest absolute Gasteiger partial charge is 0.192 e. The summed E-state index contributed by atoms with van der Waals surface area (Å²) in [4.78, 5) is 6.45. The zero-order chi connectivity index (χ0) is 15.5. The van der Waals surface area contributed by atoms with Crippen LogP contribution in [0.2, 0.25) is 0 Å². The summed E-state index contributed by atoms with van der Waals surface area (Å²) in [5.74, 6) is 3.02. The zero-order valence-electron chi connectivity index (χ0n) is 12.7. The zero-order valence-corrected chi connectivity index (χ0v) is 12.7. The van der Waals surface area contributed by atoms with Crippen LogP contribution in [0.25, 0.3) is 0 Å². The van der Waals surface area contributed by atoms with E-state index >= 15 is 0 Å². The normalized spacial score (nSPS) is 10.9. The largest absolute Gasteiger partial charge is 0.374 e. The first-order valence-corrected chi connectivity index (χ1v) is 7.09. The number of hydrogen-bond acceptors (Lipinski definition) is 2. The van der Waals surface area contributed by atoms with Gasteiger partial charge in [-0.05, 0) is 31.5 Å². The Morgan fingerprint density at radius 2 is 2.24 bits per heavy atom. The average molecular weight is 290 g/mol. The van der Waals surface area contributed by atoms with Gasteiger partial charge in [0.1, 0.15) is 5.82 Å². The Morgan fingerprint density at radius 3 is 2.90 bits per heavy atom. The highest BCUT2D eigenvalue weighted by Gasteiger charge is 2.01. The summed E-state index contributed by atoms with van der Waals surface area (Å²) >= 11 is 0. The Hall–Kier alpha value is -2.22. The van der Waals surface area contributed by atoms with Crippen LogP contribution in [0.1, 0.15) is 13.3 Å². The molecule has 0 spiro atoms. The number of halogens is 1. The van der Waals surface area contributed by atoms with Gasteiger partial charge in [0.15, 0.2) is 5.96 Å². The standard InChI is InChI=1S/C16H23FN4/c1-4-10-19-16(18-5-2)20-11-7-12-21(3)15-9-6-8-14(17)13-15/h1,6,8-9,13H,5,7,10-12H2,2-3H3,(H2,18,19,20). The summed E-state index contributed by atoms with van der Waals surface area (Å²) < 4.78 is 13.1. The fourth-order valence-corrected chi connectivity index (χ4v) is 1.82. The Morgan fingerprint density at radius 1 is 1.43 bits per heavy atom. The Labute approximate surface area is 126 Å². The third-order valence-corrected chi connectivity index (χ3v) is 2.87.